The van der Waals surface area contributed by atoms with Crippen LogP contribution in [0.4, 0.5) is 17.5 Å². The molecule has 0 radical (unpaired) electrons. The number of nitrogens with one attached hydrogen (secondary N) is 1. The molecular weight excluding hydrogens is 375 g/mol. The van der Waals surface area contributed by atoms with E-state index in [2.05, 4.69) is 20.2 Å². The van der Waals surface area contributed by atoms with Gasteiger partial charge in [-0.2, -0.15) is 4.98 Å². The standard InChI is InChI=1S/C18H20Cl2N4O2/c1-12-10-16(22-15-3-2-13(19)11-14(15)20)23-17(21-12)24-6-4-18(5-7-24)25-8-9-26-18/h2-3,10-11H,4-9H2,1H3,(H,21,22,23). The topological polar surface area (TPSA) is 59.5 Å². The van der Waals surface area contributed by atoms with Gasteiger partial charge in [0.05, 0.1) is 23.9 Å². The van der Waals surface area contributed by atoms with Gasteiger partial charge in [0, 0.05) is 42.7 Å². The molecule has 0 saturated carbocycles. The van der Waals surface area contributed by atoms with Crippen LogP contribution >= 0.6 is 23.2 Å². The van der Waals surface area contributed by atoms with Crippen molar-refractivity contribution in [3.8, 4) is 0 Å². The van der Waals surface area contributed by atoms with Crippen LogP contribution < -0.4 is 10.2 Å². The molecule has 2 aliphatic rings. The van der Waals surface area contributed by atoms with Gasteiger partial charge in [-0.1, -0.05) is 23.2 Å². The van der Waals surface area contributed by atoms with E-state index in [0.29, 0.717) is 35.0 Å². The molecule has 0 unspecified atom stereocenters. The van der Waals surface area contributed by atoms with Crippen molar-refractivity contribution in [2.75, 3.05) is 36.5 Å². The molecule has 1 spiro atoms. The molecule has 0 atom stereocenters. The Hall–Kier alpha value is -1.60. The van der Waals surface area contributed by atoms with E-state index in [1.807, 2.05) is 19.1 Å². The summed E-state index contributed by atoms with van der Waals surface area (Å²) >= 11 is 12.2. The van der Waals surface area contributed by atoms with Gasteiger partial charge in [0.2, 0.25) is 5.95 Å². The van der Waals surface area contributed by atoms with Gasteiger partial charge in [-0.25, -0.2) is 4.98 Å². The smallest absolute Gasteiger partial charge is 0.227 e. The number of aromatic nitrogens is 2. The highest BCUT2D eigenvalue weighted by Gasteiger charge is 2.40. The highest BCUT2D eigenvalue weighted by atomic mass is 35.5. The summed E-state index contributed by atoms with van der Waals surface area (Å²) in [7, 11) is 0. The molecule has 0 aliphatic carbocycles. The summed E-state index contributed by atoms with van der Waals surface area (Å²) in [6.45, 7) is 4.90. The van der Waals surface area contributed by atoms with Gasteiger partial charge in [-0.15, -0.1) is 0 Å². The van der Waals surface area contributed by atoms with Crippen LogP contribution in [0.25, 0.3) is 0 Å². The Kier molecular flexibility index (Phi) is 4.92. The predicted molar refractivity (Wildman–Crippen MR) is 103 cm³/mol. The largest absolute Gasteiger partial charge is 0.347 e. The number of hydrogen-bond acceptors (Lipinski definition) is 6. The molecule has 26 heavy (non-hydrogen) atoms. The third kappa shape index (κ3) is 3.74. The molecule has 2 aromatic rings. The molecule has 6 nitrogen and oxygen atoms in total. The summed E-state index contributed by atoms with van der Waals surface area (Å²) in [5, 5.41) is 4.39. The van der Waals surface area contributed by atoms with Crippen molar-refractivity contribution in [3.05, 3.63) is 40.0 Å². The SMILES string of the molecule is Cc1cc(Nc2ccc(Cl)cc2Cl)nc(N2CCC3(CC2)OCCO3)n1. The van der Waals surface area contributed by atoms with Crippen LogP contribution in [0.15, 0.2) is 24.3 Å². The number of aryl methyl sites for hydroxylation is 1. The van der Waals surface area contributed by atoms with Gasteiger partial charge < -0.3 is 19.7 Å². The van der Waals surface area contributed by atoms with Crippen molar-refractivity contribution in [1.82, 2.24) is 9.97 Å². The highest BCUT2D eigenvalue weighted by Crippen LogP contribution is 2.33. The molecular formula is C18H20Cl2N4O2. The summed E-state index contributed by atoms with van der Waals surface area (Å²) < 4.78 is 11.6. The Balaban J connectivity index is 1.51. The maximum Gasteiger partial charge on any atom is 0.227 e. The van der Waals surface area contributed by atoms with E-state index in [-0.39, 0.29) is 0 Å². The molecule has 8 heteroatoms. The van der Waals surface area contributed by atoms with Crippen LogP contribution in [-0.2, 0) is 9.47 Å². The molecule has 3 heterocycles. The lowest BCUT2D eigenvalue weighted by atomic mass is 10.0. The molecule has 1 aromatic heterocycles. The van der Waals surface area contributed by atoms with Crippen LogP contribution in [0.5, 0.6) is 0 Å². The summed E-state index contributed by atoms with van der Waals surface area (Å²) in [5.74, 6) is 0.994. The number of benzene rings is 1. The Labute approximate surface area is 162 Å². The minimum absolute atomic E-state index is 0.405. The summed E-state index contributed by atoms with van der Waals surface area (Å²) in [6, 6.07) is 7.22. The zero-order valence-corrected chi connectivity index (χ0v) is 16.0. The van der Waals surface area contributed by atoms with E-state index < -0.39 is 5.79 Å². The second kappa shape index (κ2) is 7.19. The first kappa shape index (κ1) is 17.8. The molecule has 1 aromatic carbocycles. The van der Waals surface area contributed by atoms with E-state index in [4.69, 9.17) is 32.7 Å². The number of anilines is 3. The quantitative estimate of drug-likeness (QED) is 0.842. The van der Waals surface area contributed by atoms with Gasteiger partial charge in [0.15, 0.2) is 5.79 Å². The normalized spacial score (nSPS) is 19.1. The van der Waals surface area contributed by atoms with Crippen LogP contribution in [0.3, 0.4) is 0 Å². The summed E-state index contributed by atoms with van der Waals surface area (Å²) in [6.07, 6.45) is 1.63. The fourth-order valence-corrected chi connectivity index (χ4v) is 3.78. The van der Waals surface area contributed by atoms with Gasteiger partial charge in [0.25, 0.3) is 0 Å². The first-order chi connectivity index (χ1) is 12.5. The lowest BCUT2D eigenvalue weighted by Crippen LogP contribution is -2.45. The van der Waals surface area contributed by atoms with Crippen molar-refractivity contribution >= 4 is 40.7 Å². The fourth-order valence-electron chi connectivity index (χ4n) is 3.32. The number of rotatable bonds is 3. The van der Waals surface area contributed by atoms with Crippen molar-refractivity contribution in [3.63, 3.8) is 0 Å². The lowest BCUT2D eigenvalue weighted by Gasteiger charge is -2.37. The maximum atomic E-state index is 6.25. The van der Waals surface area contributed by atoms with Crippen molar-refractivity contribution in [2.24, 2.45) is 0 Å². The minimum atomic E-state index is -0.405. The van der Waals surface area contributed by atoms with Crippen LogP contribution in [0.2, 0.25) is 10.0 Å². The number of nitrogens with zero attached hydrogens (tertiary/aromatic N) is 3. The van der Waals surface area contributed by atoms with Crippen LogP contribution in [0.1, 0.15) is 18.5 Å². The van der Waals surface area contributed by atoms with E-state index in [1.165, 1.54) is 0 Å². The van der Waals surface area contributed by atoms with Crippen molar-refractivity contribution in [1.29, 1.82) is 0 Å². The zero-order chi connectivity index (χ0) is 18.1. The average Bonchev–Trinajstić information content (AvgIpc) is 3.06. The monoisotopic (exact) mass is 394 g/mol. The summed E-state index contributed by atoms with van der Waals surface area (Å²) in [5.41, 5.74) is 1.64. The molecule has 4 rings (SSSR count). The van der Waals surface area contributed by atoms with Gasteiger partial charge >= 0.3 is 0 Å². The number of halogens is 2. The van der Waals surface area contributed by atoms with E-state index >= 15 is 0 Å². The maximum absolute atomic E-state index is 6.25. The van der Waals surface area contributed by atoms with Crippen LogP contribution in [-0.4, -0.2) is 42.1 Å². The second-order valence-electron chi connectivity index (χ2n) is 6.54. The Bertz CT molecular complexity index is 802. The van der Waals surface area contributed by atoms with Gasteiger partial charge in [-0.3, -0.25) is 0 Å². The molecule has 1 N–H and O–H groups in total. The predicted octanol–water partition coefficient (Wildman–Crippen LogP) is 4.18. The Morgan fingerprint density at radius 1 is 1.08 bits per heavy atom. The van der Waals surface area contributed by atoms with Crippen molar-refractivity contribution < 1.29 is 9.47 Å². The molecule has 0 bridgehead atoms. The van der Waals surface area contributed by atoms with E-state index in [1.54, 1.807) is 12.1 Å². The fraction of sp³-hybridized carbons (Fsp3) is 0.444. The third-order valence-corrected chi connectivity index (χ3v) is 5.21. The Morgan fingerprint density at radius 2 is 1.81 bits per heavy atom. The molecule has 2 saturated heterocycles. The van der Waals surface area contributed by atoms with E-state index in [9.17, 15) is 0 Å². The molecule has 2 fully saturated rings. The Morgan fingerprint density at radius 3 is 2.50 bits per heavy atom. The average molecular weight is 395 g/mol. The zero-order valence-electron chi connectivity index (χ0n) is 14.5. The second-order valence-corrected chi connectivity index (χ2v) is 7.38. The summed E-state index contributed by atoms with van der Waals surface area (Å²) in [4.78, 5) is 11.4. The third-order valence-electron chi connectivity index (χ3n) is 4.66. The molecule has 138 valence electrons. The van der Waals surface area contributed by atoms with Gasteiger partial charge in [-0.05, 0) is 25.1 Å². The van der Waals surface area contributed by atoms with Gasteiger partial charge in [0.1, 0.15) is 5.82 Å². The molecule has 2 aliphatic heterocycles. The molecule has 0 amide bonds. The minimum Gasteiger partial charge on any atom is -0.347 e. The first-order valence-corrected chi connectivity index (χ1v) is 9.39. The van der Waals surface area contributed by atoms with E-state index in [0.717, 1.165) is 37.3 Å². The van der Waals surface area contributed by atoms with Crippen molar-refractivity contribution in [2.45, 2.75) is 25.6 Å². The number of ether oxygens (including phenoxy) is 2. The highest BCUT2D eigenvalue weighted by molar-refractivity contribution is 6.36. The number of piperidine rings is 1. The first-order valence-electron chi connectivity index (χ1n) is 8.64. The number of hydrogen-bond donors (Lipinski definition) is 1. The lowest BCUT2D eigenvalue weighted by molar-refractivity contribution is -0.169. The van der Waals surface area contributed by atoms with Crippen LogP contribution in [0, 0.1) is 6.92 Å².